The molecule has 3 heteroatoms. The number of benzene rings is 1. The van der Waals surface area contributed by atoms with Crippen LogP contribution in [-0.4, -0.2) is 30.4 Å². The lowest BCUT2D eigenvalue weighted by atomic mass is 10.1. The van der Waals surface area contributed by atoms with Crippen LogP contribution in [0.1, 0.15) is 36.9 Å². The summed E-state index contributed by atoms with van der Waals surface area (Å²) in [6.07, 6.45) is 2.30. The molecule has 1 unspecified atom stereocenters. The molecule has 0 aliphatic carbocycles. The van der Waals surface area contributed by atoms with Crippen LogP contribution in [0.5, 0.6) is 0 Å². The SMILES string of the molecule is Cc1ccc(C(C)NCC(=O)N2CCCC2)cc1. The predicted octanol–water partition coefficient (Wildman–Crippen LogP) is 2.27. The molecule has 1 saturated heterocycles. The van der Waals surface area contributed by atoms with E-state index >= 15 is 0 Å². The summed E-state index contributed by atoms with van der Waals surface area (Å²) in [5.74, 6) is 0.228. The van der Waals surface area contributed by atoms with E-state index in [1.165, 1.54) is 11.1 Å². The maximum absolute atomic E-state index is 11.9. The average molecular weight is 246 g/mol. The maximum atomic E-state index is 11.9. The van der Waals surface area contributed by atoms with Crippen molar-refractivity contribution in [2.24, 2.45) is 0 Å². The van der Waals surface area contributed by atoms with E-state index in [1.807, 2.05) is 4.90 Å². The van der Waals surface area contributed by atoms with Gasteiger partial charge in [0.2, 0.25) is 5.91 Å². The quantitative estimate of drug-likeness (QED) is 0.884. The minimum Gasteiger partial charge on any atom is -0.342 e. The molecule has 0 radical (unpaired) electrons. The monoisotopic (exact) mass is 246 g/mol. The molecule has 18 heavy (non-hydrogen) atoms. The summed E-state index contributed by atoms with van der Waals surface area (Å²) in [4.78, 5) is 13.9. The van der Waals surface area contributed by atoms with Gasteiger partial charge in [0.25, 0.3) is 0 Å². The van der Waals surface area contributed by atoms with Gasteiger partial charge in [-0.2, -0.15) is 0 Å². The zero-order valence-corrected chi connectivity index (χ0v) is 11.3. The predicted molar refractivity (Wildman–Crippen MR) is 73.4 cm³/mol. The van der Waals surface area contributed by atoms with Gasteiger partial charge in [0.15, 0.2) is 0 Å². The van der Waals surface area contributed by atoms with Crippen LogP contribution in [0, 0.1) is 6.92 Å². The number of carbonyl (C=O) groups is 1. The molecule has 1 aliphatic rings. The fraction of sp³-hybridized carbons (Fsp3) is 0.533. The number of aryl methyl sites for hydroxylation is 1. The molecule has 3 nitrogen and oxygen atoms in total. The summed E-state index contributed by atoms with van der Waals surface area (Å²) in [5, 5.41) is 3.30. The Morgan fingerprint density at radius 1 is 1.28 bits per heavy atom. The van der Waals surface area contributed by atoms with E-state index in [1.54, 1.807) is 0 Å². The molecule has 1 amide bonds. The highest BCUT2D eigenvalue weighted by Gasteiger charge is 2.18. The summed E-state index contributed by atoms with van der Waals surface area (Å²) in [5.41, 5.74) is 2.49. The molecule has 2 rings (SSSR count). The highest BCUT2D eigenvalue weighted by atomic mass is 16.2. The largest absolute Gasteiger partial charge is 0.342 e. The molecule has 0 aromatic heterocycles. The first-order valence-electron chi connectivity index (χ1n) is 6.74. The third kappa shape index (κ3) is 3.33. The summed E-state index contributed by atoms with van der Waals surface area (Å²) in [6.45, 7) is 6.48. The fourth-order valence-corrected chi connectivity index (χ4v) is 2.29. The Morgan fingerprint density at radius 2 is 1.89 bits per heavy atom. The first-order valence-corrected chi connectivity index (χ1v) is 6.74. The lowest BCUT2D eigenvalue weighted by Gasteiger charge is -2.18. The van der Waals surface area contributed by atoms with E-state index < -0.39 is 0 Å². The van der Waals surface area contributed by atoms with E-state index in [0.29, 0.717) is 6.54 Å². The van der Waals surface area contributed by atoms with Crippen LogP contribution in [0.25, 0.3) is 0 Å². The number of hydrogen-bond acceptors (Lipinski definition) is 2. The first-order chi connectivity index (χ1) is 8.66. The number of hydrogen-bond donors (Lipinski definition) is 1. The average Bonchev–Trinajstić information content (AvgIpc) is 2.90. The Morgan fingerprint density at radius 3 is 2.50 bits per heavy atom. The molecule has 1 heterocycles. The van der Waals surface area contributed by atoms with E-state index in [-0.39, 0.29) is 11.9 Å². The van der Waals surface area contributed by atoms with Crippen LogP contribution >= 0.6 is 0 Å². The maximum Gasteiger partial charge on any atom is 0.236 e. The van der Waals surface area contributed by atoms with Crippen molar-refractivity contribution >= 4 is 5.91 Å². The van der Waals surface area contributed by atoms with Crippen molar-refractivity contribution in [3.63, 3.8) is 0 Å². The third-order valence-electron chi connectivity index (χ3n) is 3.60. The van der Waals surface area contributed by atoms with Gasteiger partial charge < -0.3 is 10.2 Å². The summed E-state index contributed by atoms with van der Waals surface area (Å²) >= 11 is 0. The first kappa shape index (κ1) is 13.1. The van der Waals surface area contributed by atoms with Crippen molar-refractivity contribution in [1.29, 1.82) is 0 Å². The van der Waals surface area contributed by atoms with Crippen LogP contribution < -0.4 is 5.32 Å². The summed E-state index contributed by atoms with van der Waals surface area (Å²) < 4.78 is 0. The van der Waals surface area contributed by atoms with E-state index in [0.717, 1.165) is 25.9 Å². The third-order valence-corrected chi connectivity index (χ3v) is 3.60. The normalized spacial score (nSPS) is 16.9. The van der Waals surface area contributed by atoms with Gasteiger partial charge in [-0.3, -0.25) is 4.79 Å². The molecule has 1 aromatic rings. The van der Waals surface area contributed by atoms with Crippen molar-refractivity contribution < 1.29 is 4.79 Å². The zero-order valence-electron chi connectivity index (χ0n) is 11.3. The fourth-order valence-electron chi connectivity index (χ4n) is 2.29. The lowest BCUT2D eigenvalue weighted by molar-refractivity contribution is -0.129. The number of carbonyl (C=O) groups excluding carboxylic acids is 1. The van der Waals surface area contributed by atoms with E-state index in [4.69, 9.17) is 0 Å². The van der Waals surface area contributed by atoms with Crippen molar-refractivity contribution in [3.8, 4) is 0 Å². The molecule has 98 valence electrons. The smallest absolute Gasteiger partial charge is 0.236 e. The number of likely N-dealkylation sites (tertiary alicyclic amines) is 1. The summed E-state index contributed by atoms with van der Waals surface area (Å²) in [7, 11) is 0. The molecule has 0 spiro atoms. The van der Waals surface area contributed by atoms with Crippen LogP contribution in [-0.2, 0) is 4.79 Å². The highest BCUT2D eigenvalue weighted by Crippen LogP contribution is 2.13. The minimum atomic E-state index is 0.220. The van der Waals surface area contributed by atoms with Gasteiger partial charge in [0.1, 0.15) is 0 Å². The molecular formula is C15H22N2O. The van der Waals surface area contributed by atoms with Crippen molar-refractivity contribution in [1.82, 2.24) is 10.2 Å². The van der Waals surface area contributed by atoms with E-state index in [9.17, 15) is 4.79 Å². The lowest BCUT2D eigenvalue weighted by Crippen LogP contribution is -2.37. The Bertz CT molecular complexity index is 393. The van der Waals surface area contributed by atoms with Crippen LogP contribution in [0.15, 0.2) is 24.3 Å². The van der Waals surface area contributed by atoms with Crippen LogP contribution in [0.4, 0.5) is 0 Å². The molecule has 1 aromatic carbocycles. The van der Waals surface area contributed by atoms with Crippen LogP contribution in [0.3, 0.4) is 0 Å². The van der Waals surface area contributed by atoms with Gasteiger partial charge in [-0.05, 0) is 32.3 Å². The standard InChI is InChI=1S/C15H22N2O/c1-12-5-7-14(8-6-12)13(2)16-11-15(18)17-9-3-4-10-17/h5-8,13,16H,3-4,9-11H2,1-2H3. The molecule has 1 atom stereocenters. The van der Waals surface area contributed by atoms with Crippen molar-refractivity contribution in [2.75, 3.05) is 19.6 Å². The van der Waals surface area contributed by atoms with Crippen molar-refractivity contribution in [2.45, 2.75) is 32.7 Å². The highest BCUT2D eigenvalue weighted by molar-refractivity contribution is 5.78. The molecule has 1 fully saturated rings. The number of nitrogens with one attached hydrogen (secondary N) is 1. The van der Waals surface area contributed by atoms with Crippen molar-refractivity contribution in [3.05, 3.63) is 35.4 Å². The molecular weight excluding hydrogens is 224 g/mol. The van der Waals surface area contributed by atoms with Crippen LogP contribution in [0.2, 0.25) is 0 Å². The Balaban J connectivity index is 1.82. The van der Waals surface area contributed by atoms with Gasteiger partial charge in [0, 0.05) is 19.1 Å². The number of nitrogens with zero attached hydrogens (tertiary/aromatic N) is 1. The van der Waals surface area contributed by atoms with E-state index in [2.05, 4.69) is 43.4 Å². The second-order valence-electron chi connectivity index (χ2n) is 5.10. The Hall–Kier alpha value is -1.35. The number of rotatable bonds is 4. The van der Waals surface area contributed by atoms with Gasteiger partial charge in [-0.15, -0.1) is 0 Å². The van der Waals surface area contributed by atoms with Gasteiger partial charge in [-0.1, -0.05) is 29.8 Å². The number of amides is 1. The minimum absolute atomic E-state index is 0.220. The van der Waals surface area contributed by atoms with Gasteiger partial charge in [-0.25, -0.2) is 0 Å². The second-order valence-corrected chi connectivity index (χ2v) is 5.10. The second kappa shape index (κ2) is 6.01. The van der Waals surface area contributed by atoms with Gasteiger partial charge in [0.05, 0.1) is 6.54 Å². The summed E-state index contributed by atoms with van der Waals surface area (Å²) in [6, 6.07) is 8.67. The topological polar surface area (TPSA) is 32.3 Å². The molecule has 1 aliphatic heterocycles. The Labute approximate surface area is 109 Å². The Kier molecular flexibility index (Phi) is 4.37. The molecule has 1 N–H and O–H groups in total. The zero-order chi connectivity index (χ0) is 13.0. The molecule has 0 bridgehead atoms. The van der Waals surface area contributed by atoms with Gasteiger partial charge >= 0.3 is 0 Å². The molecule has 0 saturated carbocycles.